The number of rotatable bonds is 2. The summed E-state index contributed by atoms with van der Waals surface area (Å²) in [5, 5.41) is 15.8. The van der Waals surface area contributed by atoms with E-state index in [0.29, 0.717) is 12.2 Å². The Hall–Kier alpha value is -1.43. The summed E-state index contributed by atoms with van der Waals surface area (Å²) in [5.74, 6) is 0.510. The number of hydrogen-bond donors (Lipinski definition) is 2. The number of aromatic nitrogens is 1. The van der Waals surface area contributed by atoms with Gasteiger partial charge in [-0.2, -0.15) is 0 Å². The summed E-state index contributed by atoms with van der Waals surface area (Å²) in [6.07, 6.45) is 3.83. The summed E-state index contributed by atoms with van der Waals surface area (Å²) >= 11 is 3.33. The van der Waals surface area contributed by atoms with Gasteiger partial charge in [-0.1, -0.05) is 25.9 Å². The molecule has 3 rings (SSSR count). The van der Waals surface area contributed by atoms with E-state index in [0.717, 1.165) is 23.0 Å². The normalized spacial score (nSPS) is 34.1. The van der Waals surface area contributed by atoms with Crippen molar-refractivity contribution in [2.45, 2.75) is 40.0 Å². The molecular weight excluding hydrogens is 346 g/mol. The molecule has 6 heteroatoms. The lowest BCUT2D eigenvalue weighted by Gasteiger charge is -2.39. The van der Waals surface area contributed by atoms with Crippen LogP contribution in [0, 0.1) is 16.2 Å². The Labute approximate surface area is 138 Å². The standard InChI is InChI=1S/C16H20BrN3O2/c1-14(2)15(3)6-7-16(14,8-11(15)20-22)13(21)19-12-5-4-10(17)9-18-12/h4-5,9,22H,6-8H2,1-3H3,(H,18,19,21)/b20-11-/t15-,16+/m1/s1. The highest BCUT2D eigenvalue weighted by atomic mass is 79.9. The molecule has 2 fully saturated rings. The number of carbonyl (C=O) groups excluding carboxylic acids is 1. The Balaban J connectivity index is 1.93. The van der Waals surface area contributed by atoms with Gasteiger partial charge in [0.25, 0.3) is 0 Å². The number of amides is 1. The summed E-state index contributed by atoms with van der Waals surface area (Å²) < 4.78 is 0.869. The molecule has 2 N–H and O–H groups in total. The van der Waals surface area contributed by atoms with Gasteiger partial charge in [0.1, 0.15) is 5.82 Å². The zero-order valence-electron chi connectivity index (χ0n) is 13.0. The van der Waals surface area contributed by atoms with Crippen LogP contribution in [-0.4, -0.2) is 21.8 Å². The third-order valence-corrected chi connectivity index (χ3v) is 6.73. The number of carbonyl (C=O) groups is 1. The van der Waals surface area contributed by atoms with E-state index in [2.05, 4.69) is 52.2 Å². The minimum atomic E-state index is -0.544. The van der Waals surface area contributed by atoms with Crippen molar-refractivity contribution in [2.75, 3.05) is 5.32 Å². The molecule has 0 aliphatic heterocycles. The van der Waals surface area contributed by atoms with Crippen LogP contribution < -0.4 is 5.32 Å². The lowest BCUT2D eigenvalue weighted by molar-refractivity contribution is -0.130. The average Bonchev–Trinajstić information content (AvgIpc) is 2.79. The number of hydrogen-bond acceptors (Lipinski definition) is 4. The summed E-state index contributed by atoms with van der Waals surface area (Å²) in [4.78, 5) is 17.2. The lowest BCUT2D eigenvalue weighted by atomic mass is 9.64. The van der Waals surface area contributed by atoms with Crippen molar-refractivity contribution in [2.24, 2.45) is 21.4 Å². The van der Waals surface area contributed by atoms with Crippen molar-refractivity contribution in [1.29, 1.82) is 0 Å². The maximum Gasteiger partial charge on any atom is 0.232 e. The minimum Gasteiger partial charge on any atom is -0.411 e. The number of pyridine rings is 1. The predicted octanol–water partition coefficient (Wildman–Crippen LogP) is 3.83. The average molecular weight is 366 g/mol. The summed E-state index contributed by atoms with van der Waals surface area (Å²) in [6.45, 7) is 6.31. The molecule has 0 aromatic carbocycles. The molecule has 22 heavy (non-hydrogen) atoms. The number of oxime groups is 1. The van der Waals surface area contributed by atoms with Crippen LogP contribution in [0.25, 0.3) is 0 Å². The van der Waals surface area contributed by atoms with Crippen LogP contribution in [0.5, 0.6) is 0 Å². The van der Waals surface area contributed by atoms with Crippen LogP contribution in [-0.2, 0) is 4.79 Å². The highest BCUT2D eigenvalue weighted by molar-refractivity contribution is 9.10. The Morgan fingerprint density at radius 2 is 2.09 bits per heavy atom. The van der Waals surface area contributed by atoms with E-state index in [4.69, 9.17) is 0 Å². The van der Waals surface area contributed by atoms with Crippen LogP contribution >= 0.6 is 15.9 Å². The van der Waals surface area contributed by atoms with E-state index >= 15 is 0 Å². The molecule has 2 saturated carbocycles. The first kappa shape index (κ1) is 15.5. The predicted molar refractivity (Wildman–Crippen MR) is 88.0 cm³/mol. The molecule has 0 spiro atoms. The molecule has 1 amide bonds. The van der Waals surface area contributed by atoms with Gasteiger partial charge < -0.3 is 10.5 Å². The van der Waals surface area contributed by atoms with Gasteiger partial charge in [0.15, 0.2) is 0 Å². The molecule has 1 heterocycles. The van der Waals surface area contributed by atoms with Crippen molar-refractivity contribution in [3.63, 3.8) is 0 Å². The smallest absolute Gasteiger partial charge is 0.232 e. The van der Waals surface area contributed by atoms with E-state index in [1.807, 2.05) is 6.07 Å². The molecule has 2 aliphatic rings. The fraction of sp³-hybridized carbons (Fsp3) is 0.562. The molecule has 2 atom stereocenters. The Morgan fingerprint density at radius 3 is 2.64 bits per heavy atom. The van der Waals surface area contributed by atoms with Gasteiger partial charge in [0.05, 0.1) is 11.1 Å². The fourth-order valence-corrected chi connectivity index (χ4v) is 4.46. The van der Waals surface area contributed by atoms with Crippen LogP contribution in [0.15, 0.2) is 28.0 Å². The van der Waals surface area contributed by atoms with E-state index in [9.17, 15) is 10.0 Å². The van der Waals surface area contributed by atoms with E-state index in [-0.39, 0.29) is 16.7 Å². The third-order valence-electron chi connectivity index (χ3n) is 6.26. The molecule has 0 radical (unpaired) electrons. The topological polar surface area (TPSA) is 74.6 Å². The number of nitrogens with zero attached hydrogens (tertiary/aromatic N) is 2. The summed E-state index contributed by atoms with van der Waals surface area (Å²) in [6, 6.07) is 3.62. The lowest BCUT2D eigenvalue weighted by Crippen LogP contribution is -2.43. The first-order valence-electron chi connectivity index (χ1n) is 7.41. The van der Waals surface area contributed by atoms with Crippen LogP contribution in [0.4, 0.5) is 5.82 Å². The number of anilines is 1. The number of nitrogens with one attached hydrogen (secondary N) is 1. The molecule has 2 aliphatic carbocycles. The highest BCUT2D eigenvalue weighted by Gasteiger charge is 2.71. The van der Waals surface area contributed by atoms with Gasteiger partial charge >= 0.3 is 0 Å². The Bertz CT molecular complexity index is 656. The van der Waals surface area contributed by atoms with Gasteiger partial charge in [-0.3, -0.25) is 4.79 Å². The monoisotopic (exact) mass is 365 g/mol. The van der Waals surface area contributed by atoms with Crippen LogP contribution in [0.1, 0.15) is 40.0 Å². The van der Waals surface area contributed by atoms with Crippen molar-refractivity contribution >= 4 is 33.4 Å². The molecule has 5 nitrogen and oxygen atoms in total. The third kappa shape index (κ3) is 1.79. The van der Waals surface area contributed by atoms with Gasteiger partial charge in [-0.25, -0.2) is 4.98 Å². The Morgan fingerprint density at radius 1 is 1.36 bits per heavy atom. The summed E-state index contributed by atoms with van der Waals surface area (Å²) in [7, 11) is 0. The highest BCUT2D eigenvalue weighted by Crippen LogP contribution is 2.71. The van der Waals surface area contributed by atoms with E-state index < -0.39 is 5.41 Å². The zero-order chi connectivity index (χ0) is 16.2. The minimum absolute atomic E-state index is 0.0327. The first-order valence-corrected chi connectivity index (χ1v) is 8.21. The number of fused-ring (bicyclic) bond motifs is 2. The second-order valence-electron chi connectivity index (χ2n) is 7.08. The van der Waals surface area contributed by atoms with Crippen molar-refractivity contribution in [1.82, 2.24) is 4.98 Å². The maximum absolute atomic E-state index is 13.0. The van der Waals surface area contributed by atoms with Gasteiger partial charge in [0.2, 0.25) is 5.91 Å². The van der Waals surface area contributed by atoms with Crippen molar-refractivity contribution in [3.05, 3.63) is 22.8 Å². The second-order valence-corrected chi connectivity index (χ2v) is 7.99. The molecule has 0 unspecified atom stereocenters. The molecule has 1 aromatic rings. The maximum atomic E-state index is 13.0. The Kier molecular flexibility index (Phi) is 3.36. The molecule has 1 aromatic heterocycles. The van der Waals surface area contributed by atoms with Crippen molar-refractivity contribution < 1.29 is 10.0 Å². The summed E-state index contributed by atoms with van der Waals surface area (Å²) in [5.41, 5.74) is -0.298. The quantitative estimate of drug-likeness (QED) is 0.617. The SMILES string of the molecule is CC1(C)[C@@]2(C(=O)Nc3ccc(Br)cn3)CC[C@]1(C)/C(=N\O)C2. The second kappa shape index (κ2) is 4.78. The molecular formula is C16H20BrN3O2. The van der Waals surface area contributed by atoms with Crippen molar-refractivity contribution in [3.8, 4) is 0 Å². The number of halogens is 1. The molecule has 2 bridgehead atoms. The largest absolute Gasteiger partial charge is 0.411 e. The van der Waals surface area contributed by atoms with Gasteiger partial charge in [0, 0.05) is 22.5 Å². The van der Waals surface area contributed by atoms with Crippen LogP contribution in [0.2, 0.25) is 0 Å². The molecule has 118 valence electrons. The molecule has 0 saturated heterocycles. The van der Waals surface area contributed by atoms with E-state index in [1.165, 1.54) is 0 Å². The fourth-order valence-electron chi connectivity index (χ4n) is 4.22. The van der Waals surface area contributed by atoms with Gasteiger partial charge in [-0.15, -0.1) is 0 Å². The van der Waals surface area contributed by atoms with Crippen LogP contribution in [0.3, 0.4) is 0 Å². The van der Waals surface area contributed by atoms with Gasteiger partial charge in [-0.05, 0) is 46.3 Å². The van der Waals surface area contributed by atoms with E-state index in [1.54, 1.807) is 12.3 Å². The first-order chi connectivity index (χ1) is 10.3. The zero-order valence-corrected chi connectivity index (χ0v) is 14.6.